The SMILES string of the molecule is CCNCc1cccc(OC)c1OC1CCCCC1CC. The Bertz CT molecular complexity index is 433. The molecule has 0 amide bonds. The Morgan fingerprint density at radius 1 is 1.19 bits per heavy atom. The van der Waals surface area contributed by atoms with Crippen LogP contribution in [0.1, 0.15) is 51.5 Å². The molecule has 0 aliphatic heterocycles. The molecular formula is C18H29NO2. The summed E-state index contributed by atoms with van der Waals surface area (Å²) in [6, 6.07) is 6.16. The van der Waals surface area contributed by atoms with Gasteiger partial charge in [0.1, 0.15) is 6.10 Å². The van der Waals surface area contributed by atoms with Gasteiger partial charge >= 0.3 is 0 Å². The van der Waals surface area contributed by atoms with Crippen molar-refractivity contribution >= 4 is 0 Å². The molecule has 3 heteroatoms. The fraction of sp³-hybridized carbons (Fsp3) is 0.667. The van der Waals surface area contributed by atoms with Gasteiger partial charge in [0.25, 0.3) is 0 Å². The Morgan fingerprint density at radius 2 is 2.00 bits per heavy atom. The predicted octanol–water partition coefficient (Wildman–Crippen LogP) is 4.15. The van der Waals surface area contributed by atoms with Gasteiger partial charge in [-0.3, -0.25) is 0 Å². The van der Waals surface area contributed by atoms with E-state index in [0.29, 0.717) is 12.0 Å². The molecule has 2 atom stereocenters. The van der Waals surface area contributed by atoms with E-state index in [0.717, 1.165) is 31.0 Å². The third kappa shape index (κ3) is 4.13. The average molecular weight is 291 g/mol. The van der Waals surface area contributed by atoms with Gasteiger partial charge in [-0.15, -0.1) is 0 Å². The van der Waals surface area contributed by atoms with E-state index in [9.17, 15) is 0 Å². The van der Waals surface area contributed by atoms with Crippen LogP contribution in [0.5, 0.6) is 11.5 Å². The van der Waals surface area contributed by atoms with E-state index in [2.05, 4.69) is 25.2 Å². The summed E-state index contributed by atoms with van der Waals surface area (Å²) in [6.07, 6.45) is 6.60. The first-order chi connectivity index (χ1) is 10.3. The van der Waals surface area contributed by atoms with Crippen molar-refractivity contribution in [3.05, 3.63) is 23.8 Å². The largest absolute Gasteiger partial charge is 0.493 e. The normalized spacial score (nSPS) is 22.0. The lowest BCUT2D eigenvalue weighted by molar-refractivity contribution is 0.0862. The van der Waals surface area contributed by atoms with Gasteiger partial charge in [-0.2, -0.15) is 0 Å². The molecule has 1 aliphatic rings. The molecule has 1 saturated carbocycles. The van der Waals surface area contributed by atoms with Crippen LogP contribution in [0.4, 0.5) is 0 Å². The lowest BCUT2D eigenvalue weighted by Crippen LogP contribution is -2.30. The van der Waals surface area contributed by atoms with Crippen molar-refractivity contribution in [2.24, 2.45) is 5.92 Å². The molecule has 1 aromatic rings. The fourth-order valence-corrected chi connectivity index (χ4v) is 3.20. The second-order valence-electron chi connectivity index (χ2n) is 5.84. The summed E-state index contributed by atoms with van der Waals surface area (Å²) in [5.41, 5.74) is 1.19. The molecule has 0 saturated heterocycles. The first kappa shape index (κ1) is 16.2. The van der Waals surface area contributed by atoms with E-state index in [1.807, 2.05) is 12.1 Å². The van der Waals surface area contributed by atoms with Crippen molar-refractivity contribution in [1.29, 1.82) is 0 Å². The summed E-state index contributed by atoms with van der Waals surface area (Å²) >= 11 is 0. The quantitative estimate of drug-likeness (QED) is 0.818. The van der Waals surface area contributed by atoms with Gasteiger partial charge in [0, 0.05) is 12.1 Å². The fourth-order valence-electron chi connectivity index (χ4n) is 3.20. The molecule has 1 fully saturated rings. The van der Waals surface area contributed by atoms with Crippen LogP contribution >= 0.6 is 0 Å². The number of benzene rings is 1. The number of rotatable bonds is 7. The number of ether oxygens (including phenoxy) is 2. The van der Waals surface area contributed by atoms with Crippen LogP contribution in [0.15, 0.2) is 18.2 Å². The maximum absolute atomic E-state index is 6.44. The monoisotopic (exact) mass is 291 g/mol. The first-order valence-corrected chi connectivity index (χ1v) is 8.33. The highest BCUT2D eigenvalue weighted by Gasteiger charge is 2.27. The van der Waals surface area contributed by atoms with Crippen LogP contribution in [-0.4, -0.2) is 19.8 Å². The summed E-state index contributed by atoms with van der Waals surface area (Å²) in [5.74, 6) is 2.47. The van der Waals surface area contributed by atoms with Crippen molar-refractivity contribution in [1.82, 2.24) is 5.32 Å². The number of nitrogens with one attached hydrogen (secondary N) is 1. The van der Waals surface area contributed by atoms with Crippen molar-refractivity contribution in [3.63, 3.8) is 0 Å². The molecule has 1 aromatic carbocycles. The van der Waals surface area contributed by atoms with Gasteiger partial charge in [-0.05, 0) is 44.2 Å². The third-order valence-corrected chi connectivity index (χ3v) is 4.48. The zero-order valence-corrected chi connectivity index (χ0v) is 13.7. The van der Waals surface area contributed by atoms with Crippen molar-refractivity contribution in [2.45, 2.75) is 58.6 Å². The smallest absolute Gasteiger partial charge is 0.166 e. The topological polar surface area (TPSA) is 30.5 Å². The Kier molecular flexibility index (Phi) is 6.37. The number of para-hydroxylation sites is 1. The lowest BCUT2D eigenvalue weighted by atomic mass is 9.84. The Balaban J connectivity index is 2.19. The van der Waals surface area contributed by atoms with Crippen molar-refractivity contribution in [2.75, 3.05) is 13.7 Å². The van der Waals surface area contributed by atoms with Gasteiger partial charge in [-0.25, -0.2) is 0 Å². The van der Waals surface area contributed by atoms with Gasteiger partial charge in [0.05, 0.1) is 7.11 Å². The highest BCUT2D eigenvalue weighted by atomic mass is 16.5. The number of hydrogen-bond acceptors (Lipinski definition) is 3. The summed E-state index contributed by atoms with van der Waals surface area (Å²) in [6.45, 7) is 6.17. The molecule has 1 N–H and O–H groups in total. The second-order valence-corrected chi connectivity index (χ2v) is 5.84. The molecule has 118 valence electrons. The molecule has 0 aromatic heterocycles. The van der Waals surface area contributed by atoms with Gasteiger partial charge < -0.3 is 14.8 Å². The van der Waals surface area contributed by atoms with Gasteiger partial charge in [0.2, 0.25) is 0 Å². The van der Waals surface area contributed by atoms with Crippen LogP contribution in [0, 0.1) is 5.92 Å². The molecule has 0 bridgehead atoms. The summed E-state index contributed by atoms with van der Waals surface area (Å²) < 4.78 is 12.0. The highest BCUT2D eigenvalue weighted by Crippen LogP contribution is 2.36. The average Bonchev–Trinajstić information content (AvgIpc) is 2.54. The molecule has 2 unspecified atom stereocenters. The minimum absolute atomic E-state index is 0.334. The summed E-state index contributed by atoms with van der Waals surface area (Å²) in [7, 11) is 1.72. The Hall–Kier alpha value is -1.22. The van der Waals surface area contributed by atoms with E-state index < -0.39 is 0 Å². The van der Waals surface area contributed by atoms with Gasteiger partial charge in [-0.1, -0.05) is 32.4 Å². The predicted molar refractivity (Wildman–Crippen MR) is 87.0 cm³/mol. The molecule has 21 heavy (non-hydrogen) atoms. The third-order valence-electron chi connectivity index (χ3n) is 4.48. The van der Waals surface area contributed by atoms with Crippen LogP contribution in [-0.2, 0) is 6.54 Å². The maximum Gasteiger partial charge on any atom is 0.166 e. The Labute approximate surface area is 129 Å². The molecular weight excluding hydrogens is 262 g/mol. The minimum Gasteiger partial charge on any atom is -0.493 e. The van der Waals surface area contributed by atoms with Crippen molar-refractivity contribution in [3.8, 4) is 11.5 Å². The highest BCUT2D eigenvalue weighted by molar-refractivity contribution is 5.46. The zero-order chi connectivity index (χ0) is 15.1. The molecule has 1 aliphatic carbocycles. The Morgan fingerprint density at radius 3 is 2.71 bits per heavy atom. The van der Waals surface area contributed by atoms with E-state index in [4.69, 9.17) is 9.47 Å². The summed E-state index contributed by atoms with van der Waals surface area (Å²) in [5, 5.41) is 3.38. The number of methoxy groups -OCH3 is 1. The van der Waals surface area contributed by atoms with E-state index in [1.54, 1.807) is 7.11 Å². The van der Waals surface area contributed by atoms with Crippen LogP contribution in [0.2, 0.25) is 0 Å². The van der Waals surface area contributed by atoms with Crippen LogP contribution in [0.3, 0.4) is 0 Å². The summed E-state index contributed by atoms with van der Waals surface area (Å²) in [4.78, 5) is 0. The van der Waals surface area contributed by atoms with Crippen molar-refractivity contribution < 1.29 is 9.47 Å². The van der Waals surface area contributed by atoms with Crippen LogP contribution < -0.4 is 14.8 Å². The zero-order valence-electron chi connectivity index (χ0n) is 13.7. The van der Waals surface area contributed by atoms with E-state index in [1.165, 1.54) is 31.2 Å². The maximum atomic E-state index is 6.44. The standard InChI is InChI=1S/C18H29NO2/c1-4-14-9-6-7-11-16(14)21-18-15(13-19-5-2)10-8-12-17(18)20-3/h8,10,12,14,16,19H,4-7,9,11,13H2,1-3H3. The van der Waals surface area contributed by atoms with Gasteiger partial charge in [0.15, 0.2) is 11.5 Å². The van der Waals surface area contributed by atoms with Crippen LogP contribution in [0.25, 0.3) is 0 Å². The second kappa shape index (κ2) is 8.28. The molecule has 0 heterocycles. The van der Waals surface area contributed by atoms with E-state index >= 15 is 0 Å². The van der Waals surface area contributed by atoms with E-state index in [-0.39, 0.29) is 0 Å². The molecule has 2 rings (SSSR count). The molecule has 0 radical (unpaired) electrons. The molecule has 0 spiro atoms. The first-order valence-electron chi connectivity index (χ1n) is 8.33. The lowest BCUT2D eigenvalue weighted by Gasteiger charge is -2.32. The minimum atomic E-state index is 0.334. The molecule has 3 nitrogen and oxygen atoms in total. The number of hydrogen-bond donors (Lipinski definition) is 1.